The third-order valence-electron chi connectivity index (χ3n) is 4.68. The van der Waals surface area contributed by atoms with E-state index in [4.69, 9.17) is 16.3 Å². The summed E-state index contributed by atoms with van der Waals surface area (Å²) < 4.78 is 7.28. The van der Waals surface area contributed by atoms with Crippen molar-refractivity contribution < 1.29 is 9.53 Å². The van der Waals surface area contributed by atoms with Crippen molar-refractivity contribution in [1.29, 1.82) is 0 Å². The van der Waals surface area contributed by atoms with Gasteiger partial charge in [0, 0.05) is 20.8 Å². The van der Waals surface area contributed by atoms with Crippen LogP contribution in [0.5, 0.6) is 5.88 Å². The maximum Gasteiger partial charge on any atom is 0.417 e. The lowest BCUT2D eigenvalue weighted by atomic mass is 10.1. The van der Waals surface area contributed by atoms with Gasteiger partial charge in [0.05, 0.1) is 24.5 Å². The van der Waals surface area contributed by atoms with E-state index < -0.39 is 0 Å². The number of nitrogens with zero attached hydrogens (tertiary/aromatic N) is 4. The van der Waals surface area contributed by atoms with Crippen LogP contribution in [-0.4, -0.2) is 25.8 Å². The van der Waals surface area contributed by atoms with Crippen molar-refractivity contribution in [3.05, 3.63) is 69.0 Å². The summed E-state index contributed by atoms with van der Waals surface area (Å²) in [5, 5.41) is 8.20. The largest absolute Gasteiger partial charge is 0.417 e. The zero-order chi connectivity index (χ0) is 19.3. The average molecular weight is 411 g/mol. The summed E-state index contributed by atoms with van der Waals surface area (Å²) in [5.41, 5.74) is 3.24. The van der Waals surface area contributed by atoms with Crippen LogP contribution in [0.25, 0.3) is 16.7 Å². The third kappa shape index (κ3) is 2.93. The van der Waals surface area contributed by atoms with Crippen molar-refractivity contribution in [1.82, 2.24) is 19.7 Å². The molecule has 4 heterocycles. The van der Waals surface area contributed by atoms with Crippen LogP contribution in [0.15, 0.2) is 47.8 Å². The summed E-state index contributed by atoms with van der Waals surface area (Å²) in [6, 6.07) is 13.4. The number of aryl methyl sites for hydroxylation is 1. The minimum absolute atomic E-state index is 0.343. The SMILES string of the molecule is Cc1nn(-c2ccc(Cl)cc2)c2nc3c(cc12)CN(Cc1cccs1)C(=O)O3. The number of halogens is 1. The molecule has 1 amide bonds. The number of aromatic nitrogens is 3. The van der Waals surface area contributed by atoms with E-state index in [1.54, 1.807) is 33.1 Å². The molecule has 0 fully saturated rings. The van der Waals surface area contributed by atoms with Crippen molar-refractivity contribution in [2.75, 3.05) is 0 Å². The van der Waals surface area contributed by atoms with E-state index in [9.17, 15) is 4.79 Å². The summed E-state index contributed by atoms with van der Waals surface area (Å²) in [5.74, 6) is 0.343. The van der Waals surface area contributed by atoms with Gasteiger partial charge in [0.15, 0.2) is 5.65 Å². The Morgan fingerprint density at radius 1 is 1.25 bits per heavy atom. The van der Waals surface area contributed by atoms with Gasteiger partial charge in [0.25, 0.3) is 0 Å². The monoisotopic (exact) mass is 410 g/mol. The van der Waals surface area contributed by atoms with Crippen LogP contribution in [0.1, 0.15) is 16.1 Å². The number of fused-ring (bicyclic) bond motifs is 2. The molecule has 0 saturated carbocycles. The number of benzene rings is 1. The third-order valence-corrected chi connectivity index (χ3v) is 5.80. The number of carbonyl (C=O) groups excluding carboxylic acids is 1. The number of amides is 1. The molecule has 1 aliphatic heterocycles. The van der Waals surface area contributed by atoms with Crippen molar-refractivity contribution >= 4 is 40.1 Å². The molecular weight excluding hydrogens is 396 g/mol. The Hall–Kier alpha value is -2.90. The Bertz CT molecular complexity index is 1190. The number of hydrogen-bond acceptors (Lipinski definition) is 5. The van der Waals surface area contributed by atoms with Gasteiger partial charge < -0.3 is 4.74 Å². The van der Waals surface area contributed by atoms with E-state index in [-0.39, 0.29) is 6.09 Å². The highest BCUT2D eigenvalue weighted by molar-refractivity contribution is 7.09. The van der Waals surface area contributed by atoms with E-state index >= 15 is 0 Å². The lowest BCUT2D eigenvalue weighted by Crippen LogP contribution is -2.36. The molecule has 0 aliphatic carbocycles. The van der Waals surface area contributed by atoms with Crippen molar-refractivity contribution in [2.45, 2.75) is 20.0 Å². The summed E-state index contributed by atoms with van der Waals surface area (Å²) >= 11 is 7.61. The molecule has 1 aromatic carbocycles. The van der Waals surface area contributed by atoms with Crippen LogP contribution in [-0.2, 0) is 13.1 Å². The van der Waals surface area contributed by atoms with E-state index in [0.29, 0.717) is 29.6 Å². The summed E-state index contributed by atoms with van der Waals surface area (Å²) in [6.45, 7) is 2.93. The summed E-state index contributed by atoms with van der Waals surface area (Å²) in [6.07, 6.45) is -0.387. The predicted molar refractivity (Wildman–Crippen MR) is 108 cm³/mol. The van der Waals surface area contributed by atoms with Crippen LogP contribution >= 0.6 is 22.9 Å². The lowest BCUT2D eigenvalue weighted by molar-refractivity contribution is 0.133. The fraction of sp³-hybridized carbons (Fsp3) is 0.150. The first-order chi connectivity index (χ1) is 13.6. The molecule has 8 heteroatoms. The molecular formula is C20H15ClN4O2S. The topological polar surface area (TPSA) is 60.2 Å². The Morgan fingerprint density at radius 2 is 2.07 bits per heavy atom. The van der Waals surface area contributed by atoms with Crippen LogP contribution in [0.2, 0.25) is 5.02 Å². The molecule has 0 bridgehead atoms. The molecule has 0 atom stereocenters. The van der Waals surface area contributed by atoms with Gasteiger partial charge in [0.2, 0.25) is 5.88 Å². The van der Waals surface area contributed by atoms with Crippen molar-refractivity contribution in [3.8, 4) is 11.6 Å². The Balaban J connectivity index is 1.55. The first-order valence-corrected chi connectivity index (χ1v) is 9.98. The number of pyridine rings is 1. The number of thiophene rings is 1. The Kier molecular flexibility index (Phi) is 4.07. The average Bonchev–Trinajstić information content (AvgIpc) is 3.30. The standard InChI is InChI=1S/C20H15ClN4O2S/c1-12-17-9-13-10-24(11-16-3-2-8-28-16)20(26)27-19(13)22-18(17)25(23-12)15-6-4-14(21)5-7-15/h2-9H,10-11H2,1H3. The first-order valence-electron chi connectivity index (χ1n) is 8.73. The number of rotatable bonds is 3. The van der Waals surface area contributed by atoms with Gasteiger partial charge in [-0.05, 0) is 48.7 Å². The van der Waals surface area contributed by atoms with Gasteiger partial charge in [0.1, 0.15) is 0 Å². The number of ether oxygens (including phenoxy) is 1. The van der Waals surface area contributed by atoms with Crippen molar-refractivity contribution in [3.63, 3.8) is 0 Å². The van der Waals surface area contributed by atoms with Gasteiger partial charge >= 0.3 is 6.09 Å². The van der Waals surface area contributed by atoms with Crippen LogP contribution in [0, 0.1) is 6.92 Å². The molecule has 0 N–H and O–H groups in total. The minimum Gasteiger partial charge on any atom is -0.391 e. The first kappa shape index (κ1) is 17.2. The molecule has 4 aromatic rings. The van der Waals surface area contributed by atoms with Crippen LogP contribution in [0.4, 0.5) is 4.79 Å². The van der Waals surface area contributed by atoms with E-state index in [0.717, 1.165) is 27.2 Å². The number of hydrogen-bond donors (Lipinski definition) is 0. The van der Waals surface area contributed by atoms with E-state index in [2.05, 4.69) is 10.1 Å². The van der Waals surface area contributed by atoms with Gasteiger partial charge in [-0.1, -0.05) is 17.7 Å². The second-order valence-electron chi connectivity index (χ2n) is 6.60. The van der Waals surface area contributed by atoms with Crippen LogP contribution < -0.4 is 4.74 Å². The normalized spacial score (nSPS) is 13.6. The molecule has 6 nitrogen and oxygen atoms in total. The van der Waals surface area contributed by atoms with E-state index in [1.807, 2.05) is 42.6 Å². The highest BCUT2D eigenvalue weighted by atomic mass is 35.5. The zero-order valence-corrected chi connectivity index (χ0v) is 16.5. The van der Waals surface area contributed by atoms with Crippen molar-refractivity contribution in [2.24, 2.45) is 0 Å². The quantitative estimate of drug-likeness (QED) is 0.479. The molecule has 140 valence electrons. The molecule has 3 aromatic heterocycles. The fourth-order valence-electron chi connectivity index (χ4n) is 3.30. The van der Waals surface area contributed by atoms with Crippen LogP contribution in [0.3, 0.4) is 0 Å². The lowest BCUT2D eigenvalue weighted by Gasteiger charge is -2.26. The molecule has 28 heavy (non-hydrogen) atoms. The molecule has 1 aliphatic rings. The maximum absolute atomic E-state index is 12.4. The van der Waals surface area contributed by atoms with Gasteiger partial charge in [-0.25, -0.2) is 9.48 Å². The maximum atomic E-state index is 12.4. The molecule has 0 spiro atoms. The fourth-order valence-corrected chi connectivity index (χ4v) is 4.15. The molecule has 0 unspecified atom stereocenters. The Morgan fingerprint density at radius 3 is 2.82 bits per heavy atom. The zero-order valence-electron chi connectivity index (χ0n) is 14.9. The molecule has 0 saturated heterocycles. The molecule has 5 rings (SSSR count). The molecule has 0 radical (unpaired) electrons. The van der Waals surface area contributed by atoms with Gasteiger partial charge in [-0.3, -0.25) is 4.90 Å². The highest BCUT2D eigenvalue weighted by Gasteiger charge is 2.28. The number of carbonyl (C=O) groups is 1. The van der Waals surface area contributed by atoms with Gasteiger partial charge in [-0.15, -0.1) is 11.3 Å². The second kappa shape index (κ2) is 6.61. The predicted octanol–water partition coefficient (Wildman–Crippen LogP) is 4.96. The Labute approximate surface area is 169 Å². The minimum atomic E-state index is -0.387. The van der Waals surface area contributed by atoms with E-state index in [1.165, 1.54) is 0 Å². The second-order valence-corrected chi connectivity index (χ2v) is 8.07. The smallest absolute Gasteiger partial charge is 0.391 e. The summed E-state index contributed by atoms with van der Waals surface area (Å²) in [4.78, 5) is 19.9. The summed E-state index contributed by atoms with van der Waals surface area (Å²) in [7, 11) is 0. The van der Waals surface area contributed by atoms with Gasteiger partial charge in [-0.2, -0.15) is 10.1 Å². The highest BCUT2D eigenvalue weighted by Crippen LogP contribution is 2.31.